The monoisotopic (exact) mass is 495 g/mol. The first kappa shape index (κ1) is 21.6. The van der Waals surface area contributed by atoms with Crippen LogP contribution in [-0.4, -0.2) is 14.2 Å². The number of benzene rings is 3. The van der Waals surface area contributed by atoms with Gasteiger partial charge in [-0.3, -0.25) is 0 Å². The number of hydrogen-bond acceptors (Lipinski definition) is 4. The summed E-state index contributed by atoms with van der Waals surface area (Å²) in [6.07, 6.45) is 0. The van der Waals surface area contributed by atoms with Crippen LogP contribution >= 0.6 is 39.1 Å². The van der Waals surface area contributed by atoms with Gasteiger partial charge in [0.05, 0.1) is 19.2 Å². The highest BCUT2D eigenvalue weighted by Crippen LogP contribution is 2.35. The average Bonchev–Trinajstić information content (AvgIpc) is 2.72. The van der Waals surface area contributed by atoms with Crippen LogP contribution in [0.25, 0.3) is 0 Å². The molecule has 0 saturated carbocycles. The summed E-state index contributed by atoms with van der Waals surface area (Å²) in [4.78, 5) is 0. The molecular weight excluding hydrogens is 477 g/mol. The SMILES string of the molecule is COc1ccc(NCc2cc(OC)c(OCc3ccc(Cl)cc3)cc2Br)cc1Cl. The second-order valence-corrected chi connectivity index (χ2v) is 7.91. The Morgan fingerprint density at radius 3 is 2.24 bits per heavy atom. The Morgan fingerprint density at radius 2 is 1.59 bits per heavy atom. The lowest BCUT2D eigenvalue weighted by atomic mass is 10.2. The van der Waals surface area contributed by atoms with Gasteiger partial charge in [-0.15, -0.1) is 0 Å². The first-order valence-electron chi connectivity index (χ1n) is 8.81. The number of halogens is 3. The molecule has 3 rings (SSSR count). The molecular formula is C22H20BrCl2NO3. The number of ether oxygens (including phenoxy) is 3. The molecule has 0 spiro atoms. The summed E-state index contributed by atoms with van der Waals surface area (Å²) in [6.45, 7) is 0.999. The molecule has 0 unspecified atom stereocenters. The molecule has 1 N–H and O–H groups in total. The Morgan fingerprint density at radius 1 is 0.862 bits per heavy atom. The van der Waals surface area contributed by atoms with E-state index in [1.165, 1.54) is 0 Å². The van der Waals surface area contributed by atoms with Gasteiger partial charge in [0, 0.05) is 21.7 Å². The standard InChI is InChI=1S/C22H20BrCl2NO3/c1-27-20-8-7-17(10-19(20)25)26-12-15-9-21(28-2)22(11-18(15)23)29-13-14-3-5-16(24)6-4-14/h3-11,26H,12-13H2,1-2H3. The Kier molecular flexibility index (Phi) is 7.53. The molecule has 0 aliphatic heterocycles. The van der Waals surface area contributed by atoms with E-state index in [-0.39, 0.29) is 0 Å². The normalized spacial score (nSPS) is 10.5. The van der Waals surface area contributed by atoms with Crippen LogP contribution in [0.4, 0.5) is 5.69 Å². The summed E-state index contributed by atoms with van der Waals surface area (Å²) in [5, 5.41) is 4.60. The van der Waals surface area contributed by atoms with Crippen LogP contribution in [0.1, 0.15) is 11.1 Å². The zero-order chi connectivity index (χ0) is 20.8. The third-order valence-electron chi connectivity index (χ3n) is 4.28. The van der Waals surface area contributed by atoms with Crippen molar-refractivity contribution in [2.24, 2.45) is 0 Å². The molecule has 3 aromatic rings. The molecule has 7 heteroatoms. The first-order valence-corrected chi connectivity index (χ1v) is 10.4. The van der Waals surface area contributed by atoms with Crippen LogP contribution in [0.5, 0.6) is 17.2 Å². The van der Waals surface area contributed by atoms with E-state index in [2.05, 4.69) is 21.2 Å². The van der Waals surface area contributed by atoms with E-state index >= 15 is 0 Å². The number of anilines is 1. The number of hydrogen-bond donors (Lipinski definition) is 1. The largest absolute Gasteiger partial charge is 0.495 e. The predicted molar refractivity (Wildman–Crippen MR) is 122 cm³/mol. The summed E-state index contributed by atoms with van der Waals surface area (Å²) >= 11 is 15.7. The molecule has 0 bridgehead atoms. The van der Waals surface area contributed by atoms with Crippen LogP contribution in [-0.2, 0) is 13.2 Å². The fourth-order valence-electron chi connectivity index (χ4n) is 2.70. The van der Waals surface area contributed by atoms with E-state index in [4.69, 9.17) is 37.4 Å². The molecule has 29 heavy (non-hydrogen) atoms. The molecule has 0 atom stereocenters. The van der Waals surface area contributed by atoms with E-state index < -0.39 is 0 Å². The maximum atomic E-state index is 6.19. The molecule has 3 aromatic carbocycles. The van der Waals surface area contributed by atoms with Crippen LogP contribution in [0, 0.1) is 0 Å². The summed E-state index contributed by atoms with van der Waals surface area (Å²) < 4.78 is 17.6. The number of nitrogens with one attached hydrogen (secondary N) is 1. The van der Waals surface area contributed by atoms with E-state index in [1.807, 2.05) is 54.6 Å². The van der Waals surface area contributed by atoms with Gasteiger partial charge < -0.3 is 19.5 Å². The summed E-state index contributed by atoms with van der Waals surface area (Å²) in [6, 6.07) is 17.0. The third kappa shape index (κ3) is 5.72. The van der Waals surface area contributed by atoms with Crippen LogP contribution in [0.15, 0.2) is 59.1 Å². The van der Waals surface area contributed by atoms with Gasteiger partial charge in [-0.05, 0) is 53.6 Å². The molecule has 0 radical (unpaired) electrons. The Balaban J connectivity index is 1.70. The minimum atomic E-state index is 0.419. The van der Waals surface area contributed by atoms with Crippen LogP contribution in [0.2, 0.25) is 10.0 Å². The lowest BCUT2D eigenvalue weighted by molar-refractivity contribution is 0.284. The van der Waals surface area contributed by atoms with Gasteiger partial charge in [0.2, 0.25) is 0 Å². The molecule has 4 nitrogen and oxygen atoms in total. The maximum Gasteiger partial charge on any atom is 0.162 e. The fraction of sp³-hybridized carbons (Fsp3) is 0.182. The van der Waals surface area contributed by atoms with Gasteiger partial charge in [-0.25, -0.2) is 0 Å². The van der Waals surface area contributed by atoms with E-state index in [1.54, 1.807) is 14.2 Å². The second kappa shape index (κ2) is 10.1. The van der Waals surface area contributed by atoms with Gasteiger partial charge in [0.25, 0.3) is 0 Å². The van der Waals surface area contributed by atoms with Crippen molar-refractivity contribution in [3.8, 4) is 17.2 Å². The summed E-state index contributed by atoms with van der Waals surface area (Å²) in [7, 11) is 3.22. The molecule has 0 amide bonds. The molecule has 0 saturated heterocycles. The van der Waals surface area contributed by atoms with E-state index in [9.17, 15) is 0 Å². The van der Waals surface area contributed by atoms with Crippen molar-refractivity contribution in [3.05, 3.63) is 80.2 Å². The maximum absolute atomic E-state index is 6.19. The van der Waals surface area contributed by atoms with Crippen molar-refractivity contribution in [2.45, 2.75) is 13.2 Å². The topological polar surface area (TPSA) is 39.7 Å². The Bertz CT molecular complexity index is 981. The van der Waals surface area contributed by atoms with Crippen LogP contribution < -0.4 is 19.5 Å². The van der Waals surface area contributed by atoms with Gasteiger partial charge in [0.1, 0.15) is 12.4 Å². The quantitative estimate of drug-likeness (QED) is 0.365. The summed E-state index contributed by atoms with van der Waals surface area (Å²) in [5.74, 6) is 1.96. The first-order chi connectivity index (χ1) is 14.0. The number of rotatable bonds is 8. The highest BCUT2D eigenvalue weighted by molar-refractivity contribution is 9.10. The molecule has 0 aliphatic carbocycles. The van der Waals surface area contributed by atoms with Gasteiger partial charge in [-0.1, -0.05) is 51.3 Å². The Labute approximate surface area is 188 Å². The van der Waals surface area contributed by atoms with Crippen molar-refractivity contribution in [2.75, 3.05) is 19.5 Å². The average molecular weight is 497 g/mol. The minimum absolute atomic E-state index is 0.419. The highest BCUT2D eigenvalue weighted by atomic mass is 79.9. The molecule has 152 valence electrons. The highest BCUT2D eigenvalue weighted by Gasteiger charge is 2.11. The number of methoxy groups -OCH3 is 2. The molecule has 0 aromatic heterocycles. The van der Waals surface area contributed by atoms with Crippen molar-refractivity contribution >= 4 is 44.8 Å². The summed E-state index contributed by atoms with van der Waals surface area (Å²) in [5.41, 5.74) is 2.94. The van der Waals surface area contributed by atoms with Crippen molar-refractivity contribution < 1.29 is 14.2 Å². The lowest BCUT2D eigenvalue weighted by Crippen LogP contribution is -2.03. The minimum Gasteiger partial charge on any atom is -0.495 e. The molecule has 0 aliphatic rings. The predicted octanol–water partition coefficient (Wildman–Crippen LogP) is 6.96. The zero-order valence-electron chi connectivity index (χ0n) is 16.0. The zero-order valence-corrected chi connectivity index (χ0v) is 19.1. The van der Waals surface area contributed by atoms with Gasteiger partial charge in [0.15, 0.2) is 11.5 Å². The lowest BCUT2D eigenvalue weighted by Gasteiger charge is -2.15. The van der Waals surface area contributed by atoms with Crippen LogP contribution in [0.3, 0.4) is 0 Å². The third-order valence-corrected chi connectivity index (χ3v) is 5.56. The van der Waals surface area contributed by atoms with Crippen molar-refractivity contribution in [1.29, 1.82) is 0 Å². The molecule has 0 heterocycles. The van der Waals surface area contributed by atoms with E-state index in [0.29, 0.717) is 40.4 Å². The second-order valence-electron chi connectivity index (χ2n) is 6.21. The van der Waals surface area contributed by atoms with Gasteiger partial charge in [-0.2, -0.15) is 0 Å². The molecule has 0 fully saturated rings. The smallest absolute Gasteiger partial charge is 0.162 e. The Hall–Kier alpha value is -2.08. The van der Waals surface area contributed by atoms with Crippen molar-refractivity contribution in [3.63, 3.8) is 0 Å². The fourth-order valence-corrected chi connectivity index (χ4v) is 3.55. The van der Waals surface area contributed by atoms with E-state index in [0.717, 1.165) is 21.3 Å². The van der Waals surface area contributed by atoms with Crippen molar-refractivity contribution in [1.82, 2.24) is 0 Å². The van der Waals surface area contributed by atoms with Gasteiger partial charge >= 0.3 is 0 Å².